The molecule has 0 bridgehead atoms. The van der Waals surface area contributed by atoms with Crippen molar-refractivity contribution in [3.05, 3.63) is 12.2 Å². The van der Waals surface area contributed by atoms with Crippen molar-refractivity contribution in [1.82, 2.24) is 10.9 Å². The molecule has 76 valence electrons. The van der Waals surface area contributed by atoms with Crippen molar-refractivity contribution < 1.29 is 4.79 Å². The van der Waals surface area contributed by atoms with Crippen LogP contribution in [0.4, 0.5) is 0 Å². The summed E-state index contributed by atoms with van der Waals surface area (Å²) in [6, 6.07) is 0. The summed E-state index contributed by atoms with van der Waals surface area (Å²) in [6.07, 6.45) is 1.97. The number of nitrogens with one attached hydrogen (secondary N) is 2. The van der Waals surface area contributed by atoms with Gasteiger partial charge in [0.05, 0.1) is 0 Å². The maximum Gasteiger partial charge on any atom is 0.236 e. The van der Waals surface area contributed by atoms with E-state index in [1.807, 2.05) is 13.8 Å². The summed E-state index contributed by atoms with van der Waals surface area (Å²) in [5.41, 5.74) is 6.48. The minimum atomic E-state index is 0.0584. The molecule has 13 heavy (non-hydrogen) atoms. The fourth-order valence-corrected chi connectivity index (χ4v) is 0.970. The summed E-state index contributed by atoms with van der Waals surface area (Å²) < 4.78 is 0. The average Bonchev–Trinajstić information content (AvgIpc) is 2.04. The first-order valence-corrected chi connectivity index (χ1v) is 4.75. The van der Waals surface area contributed by atoms with Crippen LogP contribution in [0.2, 0.25) is 0 Å². The minimum absolute atomic E-state index is 0.0584. The summed E-state index contributed by atoms with van der Waals surface area (Å²) in [5, 5.41) is 0. The predicted octanol–water partition coefficient (Wildman–Crippen LogP) is 1.62. The fraction of sp³-hybridized carbons (Fsp3) is 0.700. The first kappa shape index (κ1) is 12.2. The van der Waals surface area contributed by atoms with E-state index in [0.29, 0.717) is 6.54 Å². The summed E-state index contributed by atoms with van der Waals surface area (Å²) in [4.78, 5) is 11.3. The van der Waals surface area contributed by atoms with Crippen molar-refractivity contribution in [1.29, 1.82) is 0 Å². The zero-order valence-electron chi connectivity index (χ0n) is 8.81. The molecule has 2 N–H and O–H groups in total. The van der Waals surface area contributed by atoms with Crippen molar-refractivity contribution in [3.63, 3.8) is 0 Å². The molecule has 1 unspecified atom stereocenters. The highest BCUT2D eigenvalue weighted by Gasteiger charge is 2.09. The summed E-state index contributed by atoms with van der Waals surface area (Å²) in [7, 11) is 0. The Morgan fingerprint density at radius 2 is 2.15 bits per heavy atom. The van der Waals surface area contributed by atoms with Gasteiger partial charge < -0.3 is 0 Å². The second-order valence-corrected chi connectivity index (χ2v) is 3.49. The second-order valence-electron chi connectivity index (χ2n) is 3.49. The lowest BCUT2D eigenvalue weighted by atomic mass is 10.1. The molecule has 0 aliphatic heterocycles. The lowest BCUT2D eigenvalue weighted by molar-refractivity contribution is -0.125. The van der Waals surface area contributed by atoms with E-state index >= 15 is 0 Å². The fourth-order valence-electron chi connectivity index (χ4n) is 0.970. The van der Waals surface area contributed by atoms with Gasteiger partial charge in [-0.2, -0.15) is 0 Å². The van der Waals surface area contributed by atoms with Crippen LogP contribution in [0.25, 0.3) is 0 Å². The molecule has 0 rings (SSSR count). The third-order valence-corrected chi connectivity index (χ3v) is 1.77. The third kappa shape index (κ3) is 6.34. The van der Waals surface area contributed by atoms with E-state index in [4.69, 9.17) is 0 Å². The van der Waals surface area contributed by atoms with Crippen LogP contribution < -0.4 is 10.9 Å². The first-order chi connectivity index (χ1) is 6.07. The highest BCUT2D eigenvalue weighted by atomic mass is 16.2. The normalized spacial score (nSPS) is 12.2. The number of hydrazine groups is 1. The summed E-state index contributed by atoms with van der Waals surface area (Å²) in [6.45, 7) is 10.3. The molecule has 1 amide bonds. The van der Waals surface area contributed by atoms with Crippen LogP contribution in [0.5, 0.6) is 0 Å². The predicted molar refractivity (Wildman–Crippen MR) is 55.0 cm³/mol. The van der Waals surface area contributed by atoms with E-state index in [0.717, 1.165) is 18.4 Å². The molecule has 0 aromatic heterocycles. The summed E-state index contributed by atoms with van der Waals surface area (Å²) >= 11 is 0. The van der Waals surface area contributed by atoms with E-state index in [9.17, 15) is 4.79 Å². The Bertz CT molecular complexity index is 178. The molecule has 0 aromatic carbocycles. The van der Waals surface area contributed by atoms with Crippen LogP contribution in [0.1, 0.15) is 33.6 Å². The van der Waals surface area contributed by atoms with Gasteiger partial charge in [-0.05, 0) is 13.3 Å². The van der Waals surface area contributed by atoms with Crippen molar-refractivity contribution >= 4 is 5.91 Å². The maximum atomic E-state index is 11.3. The Morgan fingerprint density at radius 3 is 2.62 bits per heavy atom. The molecule has 0 radical (unpaired) electrons. The molecule has 0 fully saturated rings. The van der Waals surface area contributed by atoms with Crippen LogP contribution in [-0.2, 0) is 4.79 Å². The van der Waals surface area contributed by atoms with Gasteiger partial charge in [0.25, 0.3) is 0 Å². The number of rotatable bonds is 6. The zero-order valence-corrected chi connectivity index (χ0v) is 8.81. The van der Waals surface area contributed by atoms with Gasteiger partial charge in [-0.1, -0.05) is 32.4 Å². The third-order valence-electron chi connectivity index (χ3n) is 1.77. The molecule has 0 aliphatic rings. The Hall–Kier alpha value is -0.830. The quantitative estimate of drug-likeness (QED) is 0.486. The van der Waals surface area contributed by atoms with Gasteiger partial charge in [0.2, 0.25) is 5.91 Å². The molecule has 0 saturated carbocycles. The van der Waals surface area contributed by atoms with E-state index in [1.165, 1.54) is 0 Å². The number of amides is 1. The highest BCUT2D eigenvalue weighted by molar-refractivity contribution is 5.77. The van der Waals surface area contributed by atoms with Gasteiger partial charge in [-0.15, -0.1) is 0 Å². The standard InChI is InChI=1S/C10H20N2O/c1-5-6-9(4)10(13)12-11-7-8(2)3/h9,11H,2,5-7H2,1,3-4H3,(H,12,13). The Morgan fingerprint density at radius 1 is 1.54 bits per heavy atom. The second kappa shape index (κ2) is 6.66. The maximum absolute atomic E-state index is 11.3. The lowest BCUT2D eigenvalue weighted by Gasteiger charge is -2.11. The van der Waals surface area contributed by atoms with Gasteiger partial charge in [0.1, 0.15) is 0 Å². The van der Waals surface area contributed by atoms with Crippen molar-refractivity contribution in [2.45, 2.75) is 33.6 Å². The topological polar surface area (TPSA) is 41.1 Å². The number of carbonyl (C=O) groups is 1. The highest BCUT2D eigenvalue weighted by Crippen LogP contribution is 2.03. The Labute approximate surface area is 80.6 Å². The Balaban J connectivity index is 3.55. The van der Waals surface area contributed by atoms with Crippen LogP contribution in [0.3, 0.4) is 0 Å². The van der Waals surface area contributed by atoms with E-state index < -0.39 is 0 Å². The van der Waals surface area contributed by atoms with E-state index in [-0.39, 0.29) is 11.8 Å². The molecule has 0 spiro atoms. The molecule has 0 aromatic rings. The van der Waals surface area contributed by atoms with Crippen LogP contribution in [0, 0.1) is 5.92 Å². The van der Waals surface area contributed by atoms with Crippen molar-refractivity contribution in [2.75, 3.05) is 6.54 Å². The lowest BCUT2D eigenvalue weighted by Crippen LogP contribution is -2.41. The molecule has 0 aliphatic carbocycles. The molecule has 3 nitrogen and oxygen atoms in total. The molecule has 3 heteroatoms. The molecule has 1 atom stereocenters. The zero-order chi connectivity index (χ0) is 10.3. The Kier molecular flexibility index (Phi) is 6.24. The molecular formula is C10H20N2O. The van der Waals surface area contributed by atoms with Crippen molar-refractivity contribution in [3.8, 4) is 0 Å². The smallest absolute Gasteiger partial charge is 0.236 e. The SMILES string of the molecule is C=C(C)CNNC(=O)C(C)CCC. The van der Waals surface area contributed by atoms with E-state index in [1.54, 1.807) is 0 Å². The molecule has 0 heterocycles. The van der Waals surface area contributed by atoms with Crippen LogP contribution in [-0.4, -0.2) is 12.5 Å². The number of hydrogen-bond acceptors (Lipinski definition) is 2. The van der Waals surface area contributed by atoms with E-state index in [2.05, 4.69) is 24.4 Å². The monoisotopic (exact) mass is 184 g/mol. The largest absolute Gasteiger partial charge is 0.291 e. The van der Waals surface area contributed by atoms with Gasteiger partial charge in [0, 0.05) is 12.5 Å². The van der Waals surface area contributed by atoms with Gasteiger partial charge in [-0.25, -0.2) is 5.43 Å². The summed E-state index contributed by atoms with van der Waals surface area (Å²) in [5.74, 6) is 0.144. The number of carbonyl (C=O) groups excluding carboxylic acids is 1. The first-order valence-electron chi connectivity index (χ1n) is 4.75. The number of hydrogen-bond donors (Lipinski definition) is 2. The van der Waals surface area contributed by atoms with Crippen molar-refractivity contribution in [2.24, 2.45) is 5.92 Å². The average molecular weight is 184 g/mol. The van der Waals surface area contributed by atoms with Gasteiger partial charge in [0.15, 0.2) is 0 Å². The van der Waals surface area contributed by atoms with Crippen LogP contribution >= 0.6 is 0 Å². The molecular weight excluding hydrogens is 164 g/mol. The molecule has 0 saturated heterocycles. The van der Waals surface area contributed by atoms with Gasteiger partial charge in [-0.3, -0.25) is 10.2 Å². The minimum Gasteiger partial charge on any atom is -0.291 e. The van der Waals surface area contributed by atoms with Crippen LogP contribution in [0.15, 0.2) is 12.2 Å². The van der Waals surface area contributed by atoms with Gasteiger partial charge >= 0.3 is 0 Å².